The third-order valence-corrected chi connectivity index (χ3v) is 15.7. The molecule has 1 aromatic heterocycles. The summed E-state index contributed by atoms with van der Waals surface area (Å²) < 4.78 is 26.7. The van der Waals surface area contributed by atoms with Gasteiger partial charge in [0.1, 0.15) is 29.0 Å². The molecule has 5 aromatic carbocycles. The van der Waals surface area contributed by atoms with Gasteiger partial charge in [-0.15, -0.1) is 0 Å². The molecule has 6 N–H and O–H groups in total. The summed E-state index contributed by atoms with van der Waals surface area (Å²) in [4.78, 5) is 21.3. The molecule has 4 aliphatic heterocycles. The van der Waals surface area contributed by atoms with Crippen molar-refractivity contribution in [3.63, 3.8) is 0 Å². The van der Waals surface area contributed by atoms with E-state index >= 15 is 0 Å². The Balaban J connectivity index is 1.10. The first kappa shape index (κ1) is 50.0. The fourth-order valence-electron chi connectivity index (χ4n) is 11.8. The number of hydrogen-bond acceptors (Lipinski definition) is 11. The molecule has 1 spiro atoms. The van der Waals surface area contributed by atoms with E-state index in [1.165, 1.54) is 18.4 Å². The summed E-state index contributed by atoms with van der Waals surface area (Å²) in [5.41, 5.74) is 9.95. The molecule has 6 aromatic rings. The number of aryl methyl sites for hydroxylation is 2. The molecule has 1 unspecified atom stereocenters. The van der Waals surface area contributed by atoms with Crippen molar-refractivity contribution < 1.29 is 44.2 Å². The Morgan fingerprint density at radius 3 is 2.51 bits per heavy atom. The number of fused-ring (bicyclic) bond motifs is 7. The molecule has 5 heterocycles. The minimum atomic E-state index is -0.839. The summed E-state index contributed by atoms with van der Waals surface area (Å²) in [6.07, 6.45) is 8.90. The molecule has 382 valence electrons. The highest BCUT2D eigenvalue weighted by atomic mass is 16.5. The fourth-order valence-corrected chi connectivity index (χ4v) is 11.8. The second-order valence-electron chi connectivity index (χ2n) is 20.3. The number of piperazine rings is 1. The van der Waals surface area contributed by atoms with E-state index in [2.05, 4.69) is 70.7 Å². The van der Waals surface area contributed by atoms with E-state index in [-0.39, 0.29) is 79.3 Å². The van der Waals surface area contributed by atoms with Crippen LogP contribution in [0.4, 0.5) is 5.82 Å². The van der Waals surface area contributed by atoms with Crippen molar-refractivity contribution in [1.82, 2.24) is 10.3 Å². The number of carbonyl (C=O) groups excluding carboxylic acids is 1. The number of phenolic OH excluding ortho intramolecular Hbond substituents is 1. The van der Waals surface area contributed by atoms with E-state index in [1.807, 2.05) is 36.4 Å². The van der Waals surface area contributed by atoms with Crippen LogP contribution in [0.2, 0.25) is 0 Å². The lowest BCUT2D eigenvalue weighted by Crippen LogP contribution is -2.60. The number of Topliss-reactive ketones (excluding diaryl/α,β-unsaturated/α-hetero) is 1. The third-order valence-electron chi connectivity index (χ3n) is 15.7. The number of hydrogen-bond donors (Lipinski definition) is 6. The van der Waals surface area contributed by atoms with E-state index < -0.39 is 18.1 Å². The molecule has 12 heteroatoms. The number of ether oxygens (including phenoxy) is 4. The van der Waals surface area contributed by atoms with E-state index in [0.29, 0.717) is 36.3 Å². The topological polar surface area (TPSA) is 166 Å². The number of aromatic hydroxyl groups is 1. The average molecular weight is 988 g/mol. The van der Waals surface area contributed by atoms with Gasteiger partial charge in [0.2, 0.25) is 5.75 Å². The van der Waals surface area contributed by atoms with Crippen molar-refractivity contribution in [2.24, 2.45) is 5.92 Å². The zero-order chi connectivity index (χ0) is 50.5. The van der Waals surface area contributed by atoms with Gasteiger partial charge in [-0.05, 0) is 95.7 Å². The van der Waals surface area contributed by atoms with Gasteiger partial charge in [-0.25, -0.2) is 0 Å². The van der Waals surface area contributed by atoms with Crippen molar-refractivity contribution in [3.05, 3.63) is 159 Å². The SMILES string of the molecule is CCc1cc2c([nH]1)N1CCNC[C@H]1C1(CCCC1)c1ccc(c(CO)c1)C[C@H](CO)COc1c(c3c(c(OCC[C@@H](O)/C=C/c4ccccc4)c1OC)C(=O)CC(c1ccc(O)cc1)O3)CCc1cccc-2c1. The summed E-state index contributed by atoms with van der Waals surface area (Å²) >= 11 is 0. The van der Waals surface area contributed by atoms with Gasteiger partial charge >= 0.3 is 0 Å². The van der Waals surface area contributed by atoms with Crippen molar-refractivity contribution >= 4 is 17.7 Å². The number of nitrogens with zero attached hydrogens (tertiary/aromatic N) is 1. The Labute approximate surface area is 428 Å². The summed E-state index contributed by atoms with van der Waals surface area (Å²) in [6, 6.07) is 34.3. The van der Waals surface area contributed by atoms with E-state index in [1.54, 1.807) is 30.3 Å². The van der Waals surface area contributed by atoms with Crippen molar-refractivity contribution in [2.45, 2.75) is 101 Å². The minimum absolute atomic E-state index is 0.00773. The largest absolute Gasteiger partial charge is 0.508 e. The Morgan fingerprint density at radius 2 is 1.74 bits per heavy atom. The van der Waals surface area contributed by atoms with Crippen LogP contribution in [0.25, 0.3) is 17.2 Å². The third kappa shape index (κ3) is 10.4. The molecular formula is C61H69N3O9. The first-order valence-electron chi connectivity index (χ1n) is 26.2. The number of H-pyrrole nitrogens is 1. The second-order valence-corrected chi connectivity index (χ2v) is 20.3. The first-order valence-corrected chi connectivity index (χ1v) is 26.2. The van der Waals surface area contributed by atoms with Crippen LogP contribution in [0, 0.1) is 5.92 Å². The first-order chi connectivity index (χ1) is 35.7. The van der Waals surface area contributed by atoms with Gasteiger partial charge in [0.25, 0.3) is 0 Å². The quantitative estimate of drug-likeness (QED) is 0.0732. The maximum Gasteiger partial charge on any atom is 0.204 e. The molecule has 2 fully saturated rings. The smallest absolute Gasteiger partial charge is 0.204 e. The number of aromatic amines is 1. The lowest BCUT2D eigenvalue weighted by molar-refractivity contribution is 0.0834. The normalized spacial score (nSPS) is 20.1. The van der Waals surface area contributed by atoms with Gasteiger partial charge in [0, 0.05) is 60.8 Å². The Kier molecular flexibility index (Phi) is 15.3. The van der Waals surface area contributed by atoms with Crippen molar-refractivity contribution in [3.8, 4) is 39.9 Å². The number of nitrogens with one attached hydrogen (secondary N) is 2. The van der Waals surface area contributed by atoms with Crippen LogP contribution in [0.3, 0.4) is 0 Å². The van der Waals surface area contributed by atoms with E-state index in [0.717, 1.165) is 96.5 Å². The zero-order valence-corrected chi connectivity index (χ0v) is 42.1. The average Bonchev–Trinajstić information content (AvgIpc) is 4.11. The van der Waals surface area contributed by atoms with Crippen LogP contribution in [-0.2, 0) is 37.7 Å². The number of ketones is 1. The summed E-state index contributed by atoms with van der Waals surface area (Å²) in [5, 5.41) is 47.2. The molecular weight excluding hydrogens is 919 g/mol. The minimum Gasteiger partial charge on any atom is -0.508 e. The summed E-state index contributed by atoms with van der Waals surface area (Å²) in [5.74, 6) is 1.69. The van der Waals surface area contributed by atoms with Crippen molar-refractivity contribution in [2.75, 3.05) is 51.5 Å². The van der Waals surface area contributed by atoms with Gasteiger partial charge in [-0.1, -0.05) is 117 Å². The number of carbonyl (C=O) groups is 1. The Morgan fingerprint density at radius 1 is 0.918 bits per heavy atom. The molecule has 1 saturated carbocycles. The van der Waals surface area contributed by atoms with Gasteiger partial charge in [-0.2, -0.15) is 0 Å². The van der Waals surface area contributed by atoms with E-state index in [9.17, 15) is 25.2 Å². The van der Waals surface area contributed by atoms with Crippen molar-refractivity contribution in [1.29, 1.82) is 0 Å². The fraction of sp³-hybridized carbons (Fsp3) is 0.393. The van der Waals surface area contributed by atoms with Crippen LogP contribution < -0.4 is 29.2 Å². The highest BCUT2D eigenvalue weighted by Crippen LogP contribution is 2.54. The molecule has 4 atom stereocenters. The Hall–Kier alpha value is -6.57. The highest BCUT2D eigenvalue weighted by Gasteiger charge is 2.47. The monoisotopic (exact) mass is 988 g/mol. The molecule has 0 radical (unpaired) electrons. The molecule has 11 rings (SSSR count). The van der Waals surface area contributed by atoms with Crippen LogP contribution in [0.15, 0.2) is 109 Å². The van der Waals surface area contributed by atoms with Gasteiger partial charge in [0.15, 0.2) is 17.3 Å². The van der Waals surface area contributed by atoms with Gasteiger partial charge in [-0.3, -0.25) is 4.79 Å². The van der Waals surface area contributed by atoms with Crippen LogP contribution >= 0.6 is 0 Å². The predicted molar refractivity (Wildman–Crippen MR) is 284 cm³/mol. The molecule has 0 amide bonds. The summed E-state index contributed by atoms with van der Waals surface area (Å²) in [7, 11) is 1.53. The Bertz CT molecular complexity index is 2910. The maximum atomic E-state index is 14.8. The van der Waals surface area contributed by atoms with Gasteiger partial charge in [0.05, 0.1) is 45.5 Å². The van der Waals surface area contributed by atoms with Crippen LogP contribution in [0.5, 0.6) is 28.7 Å². The van der Waals surface area contributed by atoms with Crippen LogP contribution in [-0.4, -0.2) is 89.9 Å². The second kappa shape index (κ2) is 22.3. The lowest BCUT2D eigenvalue weighted by atomic mass is 9.70. The van der Waals surface area contributed by atoms with E-state index in [4.69, 9.17) is 18.9 Å². The number of phenols is 1. The molecule has 4 bridgehead atoms. The van der Waals surface area contributed by atoms with Gasteiger partial charge < -0.3 is 54.6 Å². The molecule has 1 saturated heterocycles. The highest BCUT2D eigenvalue weighted by molar-refractivity contribution is 6.04. The lowest BCUT2D eigenvalue weighted by Gasteiger charge is -2.48. The maximum absolute atomic E-state index is 14.8. The number of aliphatic hydroxyl groups is 3. The standard InChI is InChI=1S/C61H69N3O9/c1-3-47-33-51-44-13-9-12-40(30-44)15-23-50-56-55(52(69)34-53(73-56)42-17-21-48(67)22-18-42)58(71-29-24-49(68)20-14-39-10-5-4-6-11-39)59(70-2)57(50)72-38-41(36-65)31-43-16-19-46(32-45(43)37-66)61(25-7-8-26-61)54-35-62-27-28-64(54)60(51)63-47/h4-6,9-14,16-22,30,32-33,41,49,53-54,62-63,65-68H,3,7-8,15,23-29,31,34-38H2,1-2H3/b20-14+/t41-,49+,53?,54+/m1/s1. The summed E-state index contributed by atoms with van der Waals surface area (Å²) in [6.45, 7) is 4.51. The zero-order valence-electron chi connectivity index (χ0n) is 42.1. The number of rotatable bonds is 11. The predicted octanol–water partition coefficient (Wildman–Crippen LogP) is 9.62. The number of aromatic nitrogens is 1. The number of methoxy groups -OCH3 is 1. The number of aliphatic hydroxyl groups excluding tert-OH is 3. The number of benzene rings is 5. The molecule has 1 aliphatic carbocycles. The number of anilines is 1. The van der Waals surface area contributed by atoms with Crippen LogP contribution in [0.1, 0.15) is 107 Å². The molecule has 73 heavy (non-hydrogen) atoms. The molecule has 5 aliphatic rings. The molecule has 12 nitrogen and oxygen atoms in total.